The Balaban J connectivity index is 1.30. The van der Waals surface area contributed by atoms with Crippen molar-refractivity contribution in [3.63, 3.8) is 0 Å². The molecule has 0 saturated heterocycles. The van der Waals surface area contributed by atoms with Crippen LogP contribution >= 0.6 is 11.6 Å². The van der Waals surface area contributed by atoms with Crippen molar-refractivity contribution in [1.82, 2.24) is 25.2 Å². The summed E-state index contributed by atoms with van der Waals surface area (Å²) in [6.07, 6.45) is 7.09. The van der Waals surface area contributed by atoms with Gasteiger partial charge in [0.2, 0.25) is 0 Å². The first-order valence-electron chi connectivity index (χ1n) is 14.3. The molecule has 9 nitrogen and oxygen atoms in total. The fourth-order valence-electron chi connectivity index (χ4n) is 5.09. The highest BCUT2D eigenvalue weighted by Gasteiger charge is 2.37. The summed E-state index contributed by atoms with van der Waals surface area (Å²) in [4.78, 5) is 20.2. The van der Waals surface area contributed by atoms with E-state index in [9.17, 15) is 9.90 Å². The van der Waals surface area contributed by atoms with Crippen LogP contribution in [0.5, 0.6) is 0 Å². The molecular formula is C31H37ClFN7O2. The summed E-state index contributed by atoms with van der Waals surface area (Å²) in [5.74, 6) is -0.125. The van der Waals surface area contributed by atoms with Gasteiger partial charge >= 0.3 is 5.69 Å². The van der Waals surface area contributed by atoms with Crippen LogP contribution in [0.2, 0.25) is 5.02 Å². The third kappa shape index (κ3) is 7.25. The Bertz CT molecular complexity index is 1630. The minimum Gasteiger partial charge on any atom is -0.395 e. The van der Waals surface area contributed by atoms with Gasteiger partial charge in [-0.05, 0) is 86.9 Å². The number of rotatable bonds is 13. The summed E-state index contributed by atoms with van der Waals surface area (Å²) < 4.78 is 16.6. The molecule has 222 valence electrons. The zero-order chi connectivity index (χ0) is 29.9. The van der Waals surface area contributed by atoms with Gasteiger partial charge in [0.25, 0.3) is 0 Å². The lowest BCUT2D eigenvalue weighted by atomic mass is 10.0. The summed E-state index contributed by atoms with van der Waals surface area (Å²) in [5.41, 5.74) is 9.50. The smallest absolute Gasteiger partial charge is 0.354 e. The maximum absolute atomic E-state index is 15.1. The Morgan fingerprint density at radius 1 is 1.26 bits per heavy atom. The van der Waals surface area contributed by atoms with Crippen molar-refractivity contribution in [2.45, 2.75) is 63.6 Å². The molecular weight excluding hydrogens is 557 g/mol. The standard InChI is InChI=1S/C31H37ClFN7O2/c1-19(34)36-12-8-23(18-41)37-16-20-4-6-24(7-5-20)40-17-22-15-27(38-29(22)39-30(40)42)25-13-21(14-26(32)28(25)33)3-2-9-31(35)10-11-31/h4-7,13-15,17,23,37,41H,2-3,8-12,16,18,35H2,1H3,(H2,34,36)(H,38,39,42)/t23-/m1/s1. The Labute approximate surface area is 248 Å². The molecule has 1 aliphatic rings. The van der Waals surface area contributed by atoms with Crippen molar-refractivity contribution in [2.75, 3.05) is 13.2 Å². The molecule has 0 spiro atoms. The number of amidine groups is 1. The van der Waals surface area contributed by atoms with E-state index in [1.54, 1.807) is 31.3 Å². The van der Waals surface area contributed by atoms with E-state index in [0.29, 0.717) is 53.3 Å². The predicted octanol–water partition coefficient (Wildman–Crippen LogP) is 4.41. The van der Waals surface area contributed by atoms with E-state index < -0.39 is 11.5 Å². The number of nitrogens with one attached hydrogen (secondary N) is 4. The quantitative estimate of drug-likeness (QED) is 0.100. The molecule has 4 aromatic rings. The van der Waals surface area contributed by atoms with E-state index in [1.807, 2.05) is 24.3 Å². The molecule has 11 heteroatoms. The number of aliphatic hydroxyl groups is 1. The number of nitrogens with two attached hydrogens (primary N) is 1. The fraction of sp³-hybridized carbons (Fsp3) is 0.387. The predicted molar refractivity (Wildman–Crippen MR) is 165 cm³/mol. The zero-order valence-electron chi connectivity index (χ0n) is 23.6. The van der Waals surface area contributed by atoms with Crippen molar-refractivity contribution in [3.05, 3.63) is 81.1 Å². The minimum absolute atomic E-state index is 0.00808. The van der Waals surface area contributed by atoms with Gasteiger partial charge in [0.15, 0.2) is 5.82 Å². The summed E-state index contributed by atoms with van der Waals surface area (Å²) in [6.45, 7) is 2.82. The van der Waals surface area contributed by atoms with Gasteiger partial charge in [-0.15, -0.1) is 0 Å². The highest BCUT2D eigenvalue weighted by atomic mass is 35.5. The second-order valence-corrected chi connectivity index (χ2v) is 11.7. The number of halogens is 2. The molecule has 7 N–H and O–H groups in total. The van der Waals surface area contributed by atoms with Gasteiger partial charge in [-0.3, -0.25) is 9.98 Å². The number of hydrogen-bond acceptors (Lipinski definition) is 6. The van der Waals surface area contributed by atoms with E-state index in [1.165, 1.54) is 4.57 Å². The average molecular weight is 594 g/mol. The SMILES string of the molecule is CC(=N)NCC[C@H](CO)NCc1ccc(-n2cc3cc(-c4cc(CCCC5(N)CC5)cc(Cl)c4F)[nH]c3nc2=O)cc1. The summed E-state index contributed by atoms with van der Waals surface area (Å²) in [7, 11) is 0. The Morgan fingerprint density at radius 3 is 2.71 bits per heavy atom. The molecule has 0 unspecified atom stereocenters. The molecule has 42 heavy (non-hydrogen) atoms. The van der Waals surface area contributed by atoms with Crippen LogP contribution in [0, 0.1) is 11.2 Å². The molecule has 5 rings (SSSR count). The monoisotopic (exact) mass is 593 g/mol. The molecule has 2 aromatic carbocycles. The minimum atomic E-state index is -0.520. The Morgan fingerprint density at radius 2 is 2.02 bits per heavy atom. The van der Waals surface area contributed by atoms with Crippen LogP contribution in [-0.4, -0.2) is 50.2 Å². The highest BCUT2D eigenvalue weighted by molar-refractivity contribution is 6.31. The van der Waals surface area contributed by atoms with Crippen LogP contribution in [0.4, 0.5) is 4.39 Å². The van der Waals surface area contributed by atoms with Crippen LogP contribution in [0.15, 0.2) is 53.5 Å². The highest BCUT2D eigenvalue weighted by Crippen LogP contribution is 2.37. The van der Waals surface area contributed by atoms with Gasteiger partial charge in [0, 0.05) is 41.8 Å². The first kappa shape index (κ1) is 29.9. The van der Waals surface area contributed by atoms with Gasteiger partial charge in [0.05, 0.1) is 28.8 Å². The molecule has 0 amide bonds. The molecule has 0 aliphatic heterocycles. The lowest BCUT2D eigenvalue weighted by Gasteiger charge is -2.17. The van der Waals surface area contributed by atoms with Crippen molar-refractivity contribution in [2.24, 2.45) is 5.73 Å². The number of aromatic amines is 1. The molecule has 0 radical (unpaired) electrons. The van der Waals surface area contributed by atoms with Gasteiger partial charge in [-0.2, -0.15) is 4.98 Å². The molecule has 1 atom stereocenters. The average Bonchev–Trinajstić information content (AvgIpc) is 3.55. The summed E-state index contributed by atoms with van der Waals surface area (Å²) in [6, 6.07) is 12.6. The van der Waals surface area contributed by atoms with Crippen molar-refractivity contribution < 1.29 is 9.50 Å². The lowest BCUT2D eigenvalue weighted by molar-refractivity contribution is 0.235. The van der Waals surface area contributed by atoms with Crippen LogP contribution < -0.4 is 22.1 Å². The summed E-state index contributed by atoms with van der Waals surface area (Å²) in [5, 5.41) is 24.1. The van der Waals surface area contributed by atoms with Gasteiger partial charge in [0.1, 0.15) is 5.65 Å². The molecule has 2 aromatic heterocycles. The largest absolute Gasteiger partial charge is 0.395 e. The lowest BCUT2D eigenvalue weighted by Crippen LogP contribution is -2.35. The first-order valence-corrected chi connectivity index (χ1v) is 14.6. The Hall–Kier alpha value is -3.57. The first-order chi connectivity index (χ1) is 20.1. The van der Waals surface area contributed by atoms with E-state index >= 15 is 4.39 Å². The third-order valence-electron chi connectivity index (χ3n) is 7.83. The second kappa shape index (κ2) is 12.7. The maximum Gasteiger partial charge on any atom is 0.354 e. The molecule has 1 aliphatic carbocycles. The topological polar surface area (TPSA) is 145 Å². The molecule has 2 heterocycles. The van der Waals surface area contributed by atoms with Crippen LogP contribution in [0.3, 0.4) is 0 Å². The van der Waals surface area contributed by atoms with E-state index in [0.717, 1.165) is 43.2 Å². The molecule has 1 fully saturated rings. The van der Waals surface area contributed by atoms with Gasteiger partial charge in [-0.25, -0.2) is 9.18 Å². The number of aromatic nitrogens is 3. The molecule has 0 bridgehead atoms. The third-order valence-corrected chi connectivity index (χ3v) is 8.11. The van der Waals surface area contributed by atoms with Crippen LogP contribution in [-0.2, 0) is 13.0 Å². The van der Waals surface area contributed by atoms with Crippen molar-refractivity contribution in [1.29, 1.82) is 5.41 Å². The van der Waals surface area contributed by atoms with Crippen LogP contribution in [0.25, 0.3) is 28.0 Å². The zero-order valence-corrected chi connectivity index (χ0v) is 24.4. The fourth-order valence-corrected chi connectivity index (χ4v) is 5.34. The summed E-state index contributed by atoms with van der Waals surface area (Å²) >= 11 is 6.26. The van der Waals surface area contributed by atoms with Gasteiger partial charge in [-0.1, -0.05) is 23.7 Å². The van der Waals surface area contributed by atoms with E-state index in [4.69, 9.17) is 22.7 Å². The maximum atomic E-state index is 15.1. The number of aliphatic hydroxyl groups excluding tert-OH is 1. The number of fused-ring (bicyclic) bond motifs is 1. The van der Waals surface area contributed by atoms with Gasteiger partial charge < -0.3 is 26.5 Å². The van der Waals surface area contributed by atoms with Crippen molar-refractivity contribution >= 4 is 28.5 Å². The number of H-pyrrole nitrogens is 1. The van der Waals surface area contributed by atoms with E-state index in [2.05, 4.69) is 20.6 Å². The second-order valence-electron chi connectivity index (χ2n) is 11.3. The Kier molecular flexibility index (Phi) is 9.08. The number of hydrogen-bond donors (Lipinski definition) is 6. The normalized spacial score (nSPS) is 14.7. The van der Waals surface area contributed by atoms with E-state index in [-0.39, 0.29) is 23.2 Å². The van der Waals surface area contributed by atoms with Crippen molar-refractivity contribution in [3.8, 4) is 16.9 Å². The number of aryl methyl sites for hydroxylation is 1. The van der Waals surface area contributed by atoms with Crippen LogP contribution in [0.1, 0.15) is 50.2 Å². The number of benzene rings is 2. The number of nitrogens with zero attached hydrogens (tertiary/aromatic N) is 2. The molecule has 1 saturated carbocycles.